The van der Waals surface area contributed by atoms with Gasteiger partial charge in [-0.25, -0.2) is 0 Å². The van der Waals surface area contributed by atoms with Gasteiger partial charge in [-0.2, -0.15) is 0 Å². The average molecular weight is 891 g/mol. The van der Waals surface area contributed by atoms with Gasteiger partial charge in [0.2, 0.25) is 0 Å². The van der Waals surface area contributed by atoms with Crippen molar-refractivity contribution in [3.05, 3.63) is 279 Å². The number of hydrogen-bond acceptors (Lipinski definition) is 1. The Hall–Kier alpha value is -9.24. The Bertz CT molecular complexity index is 4050. The molecule has 0 spiro atoms. The van der Waals surface area contributed by atoms with E-state index in [-0.39, 0.29) is 0 Å². The third-order valence-electron chi connectivity index (χ3n) is 14.0. The van der Waals surface area contributed by atoms with Gasteiger partial charge in [0.15, 0.2) is 0 Å². The molecule has 0 atom stereocenters. The molecule has 0 N–H and O–H groups in total. The van der Waals surface area contributed by atoms with Crippen molar-refractivity contribution in [3.63, 3.8) is 0 Å². The van der Waals surface area contributed by atoms with Crippen molar-refractivity contribution in [2.24, 2.45) is 0 Å². The number of hydrogen-bond donors (Lipinski definition) is 0. The van der Waals surface area contributed by atoms with Crippen molar-refractivity contribution >= 4 is 60.4 Å². The molecule has 328 valence electrons. The summed E-state index contributed by atoms with van der Waals surface area (Å²) in [5.74, 6) is 0. The summed E-state index contributed by atoms with van der Waals surface area (Å²) in [5.41, 5.74) is 18.4. The first kappa shape index (κ1) is 41.0. The molecule has 0 radical (unpaired) electrons. The van der Waals surface area contributed by atoms with Gasteiger partial charge in [0.25, 0.3) is 0 Å². The van der Waals surface area contributed by atoms with Gasteiger partial charge in [-0.05, 0) is 132 Å². The molecule has 2 nitrogen and oxygen atoms in total. The first-order chi connectivity index (χ1) is 34.7. The molecule has 13 aromatic rings. The molecule has 1 aromatic heterocycles. The minimum Gasteiger partial charge on any atom is -0.310 e. The Morgan fingerprint density at radius 3 is 1.59 bits per heavy atom. The van der Waals surface area contributed by atoms with Gasteiger partial charge in [0.1, 0.15) is 0 Å². The van der Waals surface area contributed by atoms with Crippen LogP contribution >= 0.6 is 0 Å². The van der Waals surface area contributed by atoms with Crippen LogP contribution in [0.1, 0.15) is 0 Å². The van der Waals surface area contributed by atoms with E-state index in [0.717, 1.165) is 45.0 Å². The standard InChI is InChI=1S/C68H46N2/c1-4-19-47(20-5-1)54-38-41-66(63(45-54)50-23-8-3-9-24-50)69(57-39-40-59(48-21-6-2-7-22-48)64(46-57)61-35-18-27-49-25-10-12-32-58(49)61)55-30-16-28-52(43-55)53-29-17-31-56(44-53)70-65-36-15-14-34-62(65)68-60-33-13-11-26-51(60)37-42-67(68)70/h1-46H. The van der Waals surface area contributed by atoms with Crippen molar-refractivity contribution < 1.29 is 0 Å². The van der Waals surface area contributed by atoms with Crippen molar-refractivity contribution in [2.45, 2.75) is 0 Å². The van der Waals surface area contributed by atoms with Gasteiger partial charge >= 0.3 is 0 Å². The van der Waals surface area contributed by atoms with E-state index in [1.165, 1.54) is 76.7 Å². The lowest BCUT2D eigenvalue weighted by Crippen LogP contribution is -2.12. The monoisotopic (exact) mass is 890 g/mol. The average Bonchev–Trinajstić information content (AvgIpc) is 3.79. The lowest BCUT2D eigenvalue weighted by atomic mass is 9.90. The Morgan fingerprint density at radius 2 is 0.814 bits per heavy atom. The van der Waals surface area contributed by atoms with Crippen LogP contribution in [0, 0.1) is 0 Å². The second-order valence-electron chi connectivity index (χ2n) is 18.1. The molecule has 12 aromatic carbocycles. The Balaban J connectivity index is 1.03. The van der Waals surface area contributed by atoms with Crippen LogP contribution in [0.5, 0.6) is 0 Å². The number of nitrogens with zero attached hydrogens (tertiary/aromatic N) is 2. The molecule has 0 amide bonds. The van der Waals surface area contributed by atoms with Gasteiger partial charge in [0.05, 0.1) is 16.7 Å². The van der Waals surface area contributed by atoms with E-state index in [4.69, 9.17) is 0 Å². The summed E-state index contributed by atoms with van der Waals surface area (Å²) in [6, 6.07) is 102. The van der Waals surface area contributed by atoms with Crippen molar-refractivity contribution in [1.82, 2.24) is 4.57 Å². The van der Waals surface area contributed by atoms with Gasteiger partial charge in [-0.15, -0.1) is 0 Å². The van der Waals surface area contributed by atoms with Crippen LogP contribution in [0.3, 0.4) is 0 Å². The maximum Gasteiger partial charge on any atom is 0.0547 e. The summed E-state index contributed by atoms with van der Waals surface area (Å²) in [4.78, 5) is 2.46. The van der Waals surface area contributed by atoms with E-state index < -0.39 is 0 Å². The highest BCUT2D eigenvalue weighted by Crippen LogP contribution is 2.47. The molecule has 2 heteroatoms. The lowest BCUT2D eigenvalue weighted by Gasteiger charge is -2.30. The lowest BCUT2D eigenvalue weighted by molar-refractivity contribution is 1.18. The third kappa shape index (κ3) is 7.22. The van der Waals surface area contributed by atoms with Crippen LogP contribution in [0.15, 0.2) is 279 Å². The Labute approximate surface area is 408 Å². The number of para-hydroxylation sites is 1. The zero-order valence-electron chi connectivity index (χ0n) is 38.5. The predicted molar refractivity (Wildman–Crippen MR) is 298 cm³/mol. The van der Waals surface area contributed by atoms with Crippen LogP contribution in [0.4, 0.5) is 17.1 Å². The Morgan fingerprint density at radius 1 is 0.257 bits per heavy atom. The normalized spacial score (nSPS) is 11.4. The van der Waals surface area contributed by atoms with Crippen LogP contribution in [-0.2, 0) is 0 Å². The summed E-state index contributed by atoms with van der Waals surface area (Å²) in [6.07, 6.45) is 0. The largest absolute Gasteiger partial charge is 0.310 e. The Kier molecular flexibility index (Phi) is 10.2. The summed E-state index contributed by atoms with van der Waals surface area (Å²) >= 11 is 0. The van der Waals surface area contributed by atoms with Crippen LogP contribution in [0.2, 0.25) is 0 Å². The molecule has 0 fully saturated rings. The minimum absolute atomic E-state index is 1.06. The topological polar surface area (TPSA) is 8.17 Å². The quantitative estimate of drug-likeness (QED) is 0.140. The maximum atomic E-state index is 2.46. The van der Waals surface area contributed by atoms with Crippen molar-refractivity contribution in [1.29, 1.82) is 0 Å². The molecule has 13 rings (SSSR count). The molecule has 0 unspecified atom stereocenters. The van der Waals surface area contributed by atoms with E-state index in [9.17, 15) is 0 Å². The highest BCUT2D eigenvalue weighted by atomic mass is 15.1. The second-order valence-corrected chi connectivity index (χ2v) is 18.1. The zero-order chi connectivity index (χ0) is 46.4. The molecule has 0 aliphatic carbocycles. The SMILES string of the molecule is c1ccc(-c2ccc(N(c3cccc(-c4cccc(-n5c6ccccc6c6c7ccccc7ccc65)c4)c3)c3ccc(-c4ccccc4)c(-c4cccc5ccccc45)c3)c(-c3ccccc3)c2)cc1. The summed E-state index contributed by atoms with van der Waals surface area (Å²) in [7, 11) is 0. The smallest absolute Gasteiger partial charge is 0.0547 e. The highest BCUT2D eigenvalue weighted by Gasteiger charge is 2.22. The molecule has 0 saturated carbocycles. The summed E-state index contributed by atoms with van der Waals surface area (Å²) in [6.45, 7) is 0. The first-order valence-corrected chi connectivity index (χ1v) is 24.1. The van der Waals surface area contributed by atoms with Crippen LogP contribution < -0.4 is 4.90 Å². The molecule has 1 heterocycles. The molecule has 0 aliphatic heterocycles. The molecule has 0 saturated heterocycles. The molecule has 70 heavy (non-hydrogen) atoms. The van der Waals surface area contributed by atoms with E-state index in [0.29, 0.717) is 0 Å². The van der Waals surface area contributed by atoms with Crippen LogP contribution in [0.25, 0.3) is 105 Å². The molecular formula is C68H46N2. The molecule has 0 bridgehead atoms. The van der Waals surface area contributed by atoms with Gasteiger partial charge in [-0.3, -0.25) is 0 Å². The third-order valence-corrected chi connectivity index (χ3v) is 14.0. The van der Waals surface area contributed by atoms with Crippen molar-refractivity contribution in [3.8, 4) is 61.3 Å². The van der Waals surface area contributed by atoms with E-state index >= 15 is 0 Å². The fraction of sp³-hybridized carbons (Fsp3) is 0. The summed E-state index contributed by atoms with van der Waals surface area (Å²) < 4.78 is 2.43. The van der Waals surface area contributed by atoms with E-state index in [1.807, 2.05) is 0 Å². The highest BCUT2D eigenvalue weighted by molar-refractivity contribution is 6.21. The number of benzene rings is 12. The minimum atomic E-state index is 1.06. The fourth-order valence-electron chi connectivity index (χ4n) is 10.7. The fourth-order valence-corrected chi connectivity index (χ4v) is 10.7. The maximum absolute atomic E-state index is 2.46. The number of fused-ring (bicyclic) bond motifs is 6. The van der Waals surface area contributed by atoms with Gasteiger partial charge in [0, 0.05) is 33.4 Å². The molecule has 0 aliphatic rings. The van der Waals surface area contributed by atoms with Crippen LogP contribution in [-0.4, -0.2) is 4.57 Å². The van der Waals surface area contributed by atoms with Gasteiger partial charge in [-0.1, -0.05) is 218 Å². The predicted octanol–water partition coefficient (Wildman–Crippen LogP) is 18.9. The first-order valence-electron chi connectivity index (χ1n) is 24.1. The molecular weight excluding hydrogens is 845 g/mol. The number of anilines is 3. The number of aromatic nitrogens is 1. The number of rotatable bonds is 9. The van der Waals surface area contributed by atoms with E-state index in [2.05, 4.69) is 289 Å². The zero-order valence-corrected chi connectivity index (χ0v) is 38.5. The summed E-state index contributed by atoms with van der Waals surface area (Å²) in [5, 5.41) is 7.49. The van der Waals surface area contributed by atoms with Gasteiger partial charge < -0.3 is 9.47 Å². The van der Waals surface area contributed by atoms with E-state index in [1.54, 1.807) is 0 Å². The van der Waals surface area contributed by atoms with Crippen molar-refractivity contribution in [2.75, 3.05) is 4.90 Å². The second kappa shape index (κ2) is 17.4.